The van der Waals surface area contributed by atoms with Crippen LogP contribution in [-0.4, -0.2) is 11.1 Å². The maximum absolute atomic E-state index is 9.82. The van der Waals surface area contributed by atoms with Crippen LogP contribution >= 0.6 is 38.5 Å². The van der Waals surface area contributed by atoms with Crippen molar-refractivity contribution in [3.05, 3.63) is 8.57 Å². The van der Waals surface area contributed by atoms with Gasteiger partial charge in [0.2, 0.25) is 0 Å². The minimum atomic E-state index is -0.905. The third-order valence-corrected chi connectivity index (χ3v) is 2.39. The van der Waals surface area contributed by atoms with Crippen LogP contribution in [0.15, 0.2) is 8.57 Å². The van der Waals surface area contributed by atoms with Crippen molar-refractivity contribution in [2.24, 2.45) is 0 Å². The molecule has 1 N–H and O–H groups in total. The molecule has 0 unspecified atom stereocenters. The standard InChI is InChI=1S/C3H2BrIO2/c4-1-2(5)3(6)7/h1H,(H,6,7). The first-order chi connectivity index (χ1) is 3.18. The maximum Gasteiger partial charge on any atom is 0.342 e. The van der Waals surface area contributed by atoms with Crippen LogP contribution in [0.2, 0.25) is 0 Å². The lowest BCUT2D eigenvalue weighted by Gasteiger charge is -1.80. The molecule has 7 heavy (non-hydrogen) atoms. The van der Waals surface area contributed by atoms with Gasteiger partial charge < -0.3 is 5.11 Å². The van der Waals surface area contributed by atoms with Crippen LogP contribution in [0.3, 0.4) is 0 Å². The van der Waals surface area contributed by atoms with Gasteiger partial charge in [0.15, 0.2) is 0 Å². The Morgan fingerprint density at radius 1 is 1.86 bits per heavy atom. The van der Waals surface area contributed by atoms with E-state index in [0.29, 0.717) is 0 Å². The molecule has 0 saturated carbocycles. The fraction of sp³-hybridized carbons (Fsp3) is 0. The highest BCUT2D eigenvalue weighted by atomic mass is 127. The Kier molecular flexibility index (Phi) is 3.63. The molecular weight excluding hydrogens is 275 g/mol. The third kappa shape index (κ3) is 3.04. The second-order valence-electron chi connectivity index (χ2n) is 0.762. The quantitative estimate of drug-likeness (QED) is 0.585. The van der Waals surface area contributed by atoms with Gasteiger partial charge in [-0.3, -0.25) is 0 Å². The summed E-state index contributed by atoms with van der Waals surface area (Å²) >= 11 is 4.58. The zero-order valence-corrected chi connectivity index (χ0v) is 6.93. The lowest BCUT2D eigenvalue weighted by atomic mass is 10.7. The molecule has 0 saturated heterocycles. The first kappa shape index (κ1) is 7.42. The van der Waals surface area contributed by atoms with E-state index in [1.165, 1.54) is 4.99 Å². The highest BCUT2D eigenvalue weighted by molar-refractivity contribution is 14.1. The Morgan fingerprint density at radius 2 is 2.29 bits per heavy atom. The molecule has 0 aliphatic rings. The van der Waals surface area contributed by atoms with Crippen molar-refractivity contribution in [2.45, 2.75) is 0 Å². The molecule has 0 radical (unpaired) electrons. The largest absolute Gasteiger partial charge is 0.477 e. The van der Waals surface area contributed by atoms with Gasteiger partial charge in [0.05, 0.1) is 0 Å². The minimum Gasteiger partial charge on any atom is -0.477 e. The van der Waals surface area contributed by atoms with Crippen LogP contribution in [0.25, 0.3) is 0 Å². The van der Waals surface area contributed by atoms with Gasteiger partial charge in [-0.1, -0.05) is 15.9 Å². The van der Waals surface area contributed by atoms with Crippen LogP contribution in [0.5, 0.6) is 0 Å². The highest BCUT2D eigenvalue weighted by Crippen LogP contribution is 2.06. The number of aliphatic carboxylic acids is 1. The van der Waals surface area contributed by atoms with Crippen LogP contribution < -0.4 is 0 Å². The summed E-state index contributed by atoms with van der Waals surface area (Å²) in [6.07, 6.45) is 0. The van der Waals surface area contributed by atoms with Gasteiger partial charge in [0, 0.05) is 4.99 Å². The Morgan fingerprint density at radius 3 is 2.29 bits per heavy atom. The van der Waals surface area contributed by atoms with Crippen molar-refractivity contribution in [3.63, 3.8) is 0 Å². The molecule has 0 heterocycles. The topological polar surface area (TPSA) is 37.3 Å². The predicted molar refractivity (Wildman–Crippen MR) is 38.7 cm³/mol. The monoisotopic (exact) mass is 276 g/mol. The summed E-state index contributed by atoms with van der Waals surface area (Å²) in [5.74, 6) is -0.905. The van der Waals surface area contributed by atoms with Crippen molar-refractivity contribution < 1.29 is 9.90 Å². The van der Waals surface area contributed by atoms with E-state index in [1.54, 1.807) is 22.6 Å². The average molecular weight is 277 g/mol. The Hall–Kier alpha value is 0.420. The van der Waals surface area contributed by atoms with E-state index in [-0.39, 0.29) is 3.58 Å². The molecule has 0 aliphatic heterocycles. The summed E-state index contributed by atoms with van der Waals surface area (Å²) in [7, 11) is 0. The molecule has 0 aromatic carbocycles. The number of hydrogen-bond donors (Lipinski definition) is 1. The minimum absolute atomic E-state index is 0.276. The number of carbonyl (C=O) groups is 1. The molecule has 0 rings (SSSR count). The smallest absolute Gasteiger partial charge is 0.342 e. The second-order valence-corrected chi connectivity index (χ2v) is 2.38. The van der Waals surface area contributed by atoms with Gasteiger partial charge in [-0.25, -0.2) is 4.79 Å². The Bertz CT molecular complexity index is 110. The predicted octanol–water partition coefficient (Wildman–Crippen LogP) is 1.74. The zero-order valence-electron chi connectivity index (χ0n) is 3.19. The van der Waals surface area contributed by atoms with Gasteiger partial charge in [-0.05, 0) is 22.6 Å². The van der Waals surface area contributed by atoms with Crippen molar-refractivity contribution in [1.82, 2.24) is 0 Å². The van der Waals surface area contributed by atoms with E-state index < -0.39 is 5.97 Å². The van der Waals surface area contributed by atoms with Crippen molar-refractivity contribution in [2.75, 3.05) is 0 Å². The van der Waals surface area contributed by atoms with E-state index in [1.807, 2.05) is 0 Å². The van der Waals surface area contributed by atoms with Crippen LogP contribution in [0.4, 0.5) is 0 Å². The van der Waals surface area contributed by atoms with Gasteiger partial charge >= 0.3 is 5.97 Å². The fourth-order valence-electron chi connectivity index (χ4n) is 0.0467. The Balaban J connectivity index is 3.82. The molecule has 0 amide bonds. The molecule has 4 heteroatoms. The molecule has 40 valence electrons. The van der Waals surface area contributed by atoms with E-state index >= 15 is 0 Å². The summed E-state index contributed by atoms with van der Waals surface area (Å²) in [6.45, 7) is 0. The van der Waals surface area contributed by atoms with Crippen LogP contribution in [-0.2, 0) is 4.79 Å². The van der Waals surface area contributed by atoms with Gasteiger partial charge in [-0.2, -0.15) is 0 Å². The van der Waals surface area contributed by atoms with Gasteiger partial charge in [0.25, 0.3) is 0 Å². The van der Waals surface area contributed by atoms with E-state index in [0.717, 1.165) is 0 Å². The van der Waals surface area contributed by atoms with Gasteiger partial charge in [-0.15, -0.1) is 0 Å². The fourth-order valence-corrected chi connectivity index (χ4v) is 0.243. The highest BCUT2D eigenvalue weighted by Gasteiger charge is 1.96. The summed E-state index contributed by atoms with van der Waals surface area (Å²) < 4.78 is 0.276. The molecule has 0 aromatic heterocycles. The van der Waals surface area contributed by atoms with Gasteiger partial charge in [0.1, 0.15) is 3.58 Å². The summed E-state index contributed by atoms with van der Waals surface area (Å²) in [6, 6.07) is 0. The Labute approximate surface area is 62.9 Å². The number of carboxylic acid groups (broad SMARTS) is 1. The molecule has 0 bridgehead atoms. The van der Waals surface area contributed by atoms with Crippen LogP contribution in [0, 0.1) is 0 Å². The summed E-state index contributed by atoms with van der Waals surface area (Å²) in [4.78, 5) is 11.2. The summed E-state index contributed by atoms with van der Waals surface area (Å²) in [5, 5.41) is 8.08. The number of halogens is 2. The number of rotatable bonds is 1. The lowest BCUT2D eigenvalue weighted by Crippen LogP contribution is -1.90. The zero-order chi connectivity index (χ0) is 5.86. The lowest BCUT2D eigenvalue weighted by molar-refractivity contribution is -0.131. The summed E-state index contributed by atoms with van der Waals surface area (Å²) in [5.41, 5.74) is 0. The molecule has 0 fully saturated rings. The average Bonchev–Trinajstić information content (AvgIpc) is 1.65. The first-order valence-corrected chi connectivity index (χ1v) is 3.37. The molecule has 0 spiro atoms. The van der Waals surface area contributed by atoms with Crippen molar-refractivity contribution >= 4 is 44.5 Å². The van der Waals surface area contributed by atoms with E-state index in [9.17, 15) is 4.79 Å². The normalized spacial score (nSPS) is 11.4. The molecule has 0 atom stereocenters. The first-order valence-electron chi connectivity index (χ1n) is 1.37. The second kappa shape index (κ2) is 3.43. The van der Waals surface area contributed by atoms with Crippen molar-refractivity contribution in [3.8, 4) is 0 Å². The van der Waals surface area contributed by atoms with E-state index in [4.69, 9.17) is 5.11 Å². The molecular formula is C3H2BrIO2. The molecule has 0 aromatic rings. The molecule has 2 nitrogen and oxygen atoms in total. The number of carboxylic acids is 1. The third-order valence-electron chi connectivity index (χ3n) is 0.300. The van der Waals surface area contributed by atoms with E-state index in [2.05, 4.69) is 15.9 Å². The number of hydrogen-bond acceptors (Lipinski definition) is 1. The SMILES string of the molecule is O=C(O)C(I)=CBr. The van der Waals surface area contributed by atoms with Crippen LogP contribution in [0.1, 0.15) is 0 Å². The maximum atomic E-state index is 9.82. The molecule has 0 aliphatic carbocycles. The van der Waals surface area contributed by atoms with Crippen molar-refractivity contribution in [1.29, 1.82) is 0 Å².